The van der Waals surface area contributed by atoms with Crippen LogP contribution in [0.5, 0.6) is 0 Å². The van der Waals surface area contributed by atoms with Crippen LogP contribution in [-0.2, 0) is 5.75 Å². The molecule has 26 heavy (non-hydrogen) atoms. The number of benzene rings is 1. The molecule has 0 unspecified atom stereocenters. The third-order valence-corrected chi connectivity index (χ3v) is 4.63. The van der Waals surface area contributed by atoms with Crippen LogP contribution in [0.3, 0.4) is 0 Å². The maximum atomic E-state index is 13.6. The first-order valence-corrected chi connectivity index (χ1v) is 9.04. The van der Waals surface area contributed by atoms with Crippen molar-refractivity contribution in [2.45, 2.75) is 10.9 Å². The van der Waals surface area contributed by atoms with Gasteiger partial charge in [-0.15, -0.1) is 0 Å². The fourth-order valence-corrected chi connectivity index (χ4v) is 3.19. The Balaban J connectivity index is 1.75. The zero-order chi connectivity index (χ0) is 18.7. The van der Waals surface area contributed by atoms with E-state index in [9.17, 15) is 14.0 Å². The summed E-state index contributed by atoms with van der Waals surface area (Å²) in [5, 5.41) is 2.58. The number of nitrogen functional groups attached to an aromatic ring is 1. The summed E-state index contributed by atoms with van der Waals surface area (Å²) in [4.78, 5) is 30.8. The average Bonchev–Trinajstić information content (AvgIpc) is 3.04. The van der Waals surface area contributed by atoms with Crippen LogP contribution in [0.2, 0.25) is 0 Å². The van der Waals surface area contributed by atoms with Gasteiger partial charge in [0.1, 0.15) is 5.82 Å². The number of aromatic nitrogens is 2. The number of furan rings is 1. The molecule has 0 radical (unpaired) electrons. The van der Waals surface area contributed by atoms with E-state index in [4.69, 9.17) is 10.2 Å². The van der Waals surface area contributed by atoms with Crippen LogP contribution in [0, 0.1) is 5.82 Å². The molecule has 1 aromatic carbocycles. The van der Waals surface area contributed by atoms with Crippen molar-refractivity contribution >= 4 is 45.1 Å². The van der Waals surface area contributed by atoms with E-state index >= 15 is 0 Å². The van der Waals surface area contributed by atoms with Gasteiger partial charge in [-0.05, 0) is 39.7 Å². The fraction of sp³-hybridized carbons (Fsp3) is 0.0625. The number of rotatable bonds is 5. The lowest BCUT2D eigenvalue weighted by atomic mass is 10.2. The molecule has 2 aromatic heterocycles. The van der Waals surface area contributed by atoms with E-state index < -0.39 is 11.5 Å². The number of H-pyrrole nitrogens is 1. The van der Waals surface area contributed by atoms with Gasteiger partial charge in [0.25, 0.3) is 11.5 Å². The number of carbonyl (C=O) groups is 1. The van der Waals surface area contributed by atoms with Gasteiger partial charge in [-0.3, -0.25) is 14.6 Å². The lowest BCUT2D eigenvalue weighted by molar-refractivity contribution is 0.0995. The monoisotopic (exact) mass is 438 g/mol. The quantitative estimate of drug-likeness (QED) is 0.415. The first-order valence-electron chi connectivity index (χ1n) is 7.26. The lowest BCUT2D eigenvalue weighted by Crippen LogP contribution is -2.22. The van der Waals surface area contributed by atoms with Crippen molar-refractivity contribution in [2.75, 3.05) is 11.1 Å². The van der Waals surface area contributed by atoms with Crippen LogP contribution in [0.4, 0.5) is 15.9 Å². The van der Waals surface area contributed by atoms with Crippen LogP contribution in [-0.4, -0.2) is 15.9 Å². The Morgan fingerprint density at radius 2 is 2.12 bits per heavy atom. The molecule has 10 heteroatoms. The number of nitrogens with two attached hydrogens (primary N) is 1. The standard InChI is InChI=1S/C16H12BrFN4O3S/c17-11-6-5-10(25-11)14(23)20-12-13(19)21-16(22-15(12)24)26-7-8-3-1-2-4-9(8)18/h1-6H,7H2,(H,20,23)(H3,19,21,22,24). The maximum Gasteiger partial charge on any atom is 0.291 e. The van der Waals surface area contributed by atoms with E-state index in [1.165, 1.54) is 12.1 Å². The number of amides is 1. The third kappa shape index (κ3) is 4.14. The second-order valence-electron chi connectivity index (χ2n) is 5.07. The molecule has 0 bridgehead atoms. The molecule has 3 aromatic rings. The molecule has 7 nitrogen and oxygen atoms in total. The number of nitrogens with one attached hydrogen (secondary N) is 2. The molecule has 4 N–H and O–H groups in total. The summed E-state index contributed by atoms with van der Waals surface area (Å²) in [7, 11) is 0. The Labute approximate surface area is 159 Å². The molecular weight excluding hydrogens is 427 g/mol. The van der Waals surface area contributed by atoms with Crippen LogP contribution in [0.15, 0.2) is 55.4 Å². The molecule has 0 aliphatic heterocycles. The molecule has 0 aliphatic rings. The molecular formula is C16H12BrFN4O3S. The molecule has 3 rings (SSSR count). The van der Waals surface area contributed by atoms with Gasteiger partial charge >= 0.3 is 0 Å². The predicted octanol–water partition coefficient (Wildman–Crippen LogP) is 3.39. The van der Waals surface area contributed by atoms with Gasteiger partial charge in [-0.25, -0.2) is 9.37 Å². The Kier molecular flexibility index (Phi) is 5.43. The minimum atomic E-state index is -0.638. The largest absolute Gasteiger partial charge is 0.444 e. The van der Waals surface area contributed by atoms with Crippen LogP contribution in [0.1, 0.15) is 16.1 Å². The first kappa shape index (κ1) is 18.2. The van der Waals surface area contributed by atoms with Gasteiger partial charge in [0, 0.05) is 5.75 Å². The van der Waals surface area contributed by atoms with Crippen molar-refractivity contribution in [3.8, 4) is 0 Å². The number of carbonyl (C=O) groups excluding carboxylic acids is 1. The highest BCUT2D eigenvalue weighted by Gasteiger charge is 2.16. The molecule has 0 aliphatic carbocycles. The molecule has 134 valence electrons. The van der Waals surface area contributed by atoms with Crippen LogP contribution < -0.4 is 16.6 Å². The minimum Gasteiger partial charge on any atom is -0.444 e. The van der Waals surface area contributed by atoms with Crippen molar-refractivity contribution in [2.24, 2.45) is 0 Å². The molecule has 0 fully saturated rings. The number of hydrogen-bond donors (Lipinski definition) is 3. The zero-order valence-electron chi connectivity index (χ0n) is 13.1. The molecule has 0 saturated carbocycles. The van der Waals surface area contributed by atoms with Gasteiger partial charge in [-0.2, -0.15) is 0 Å². The second kappa shape index (κ2) is 7.75. The zero-order valence-corrected chi connectivity index (χ0v) is 15.5. The van der Waals surface area contributed by atoms with Crippen molar-refractivity contribution in [1.82, 2.24) is 9.97 Å². The first-order chi connectivity index (χ1) is 12.4. The number of hydrogen-bond acceptors (Lipinski definition) is 6. The van der Waals surface area contributed by atoms with Gasteiger partial charge in [0.15, 0.2) is 27.1 Å². The molecule has 0 spiro atoms. The second-order valence-corrected chi connectivity index (χ2v) is 6.81. The van der Waals surface area contributed by atoms with E-state index in [0.29, 0.717) is 10.2 Å². The van der Waals surface area contributed by atoms with E-state index in [0.717, 1.165) is 11.8 Å². The highest BCUT2D eigenvalue weighted by molar-refractivity contribution is 9.10. The highest BCUT2D eigenvalue weighted by atomic mass is 79.9. The van der Waals surface area contributed by atoms with Crippen molar-refractivity contribution in [1.29, 1.82) is 0 Å². The number of thioether (sulfide) groups is 1. The topological polar surface area (TPSA) is 114 Å². The molecule has 1 amide bonds. The normalized spacial score (nSPS) is 10.7. The smallest absolute Gasteiger partial charge is 0.291 e. The molecule has 2 heterocycles. The molecule has 0 atom stereocenters. The van der Waals surface area contributed by atoms with E-state index in [-0.39, 0.29) is 34.0 Å². The lowest BCUT2D eigenvalue weighted by Gasteiger charge is -2.08. The van der Waals surface area contributed by atoms with Crippen LogP contribution in [0.25, 0.3) is 0 Å². The number of aromatic amines is 1. The van der Waals surface area contributed by atoms with E-state index in [1.807, 2.05) is 0 Å². The molecule has 0 saturated heterocycles. The van der Waals surface area contributed by atoms with Crippen LogP contribution >= 0.6 is 27.7 Å². The Hall–Kier alpha value is -2.59. The summed E-state index contributed by atoms with van der Waals surface area (Å²) in [6.45, 7) is 0. The Bertz CT molecular complexity index is 1020. The summed E-state index contributed by atoms with van der Waals surface area (Å²) in [6.07, 6.45) is 0. The van der Waals surface area contributed by atoms with Crippen molar-refractivity contribution < 1.29 is 13.6 Å². The third-order valence-electron chi connectivity index (χ3n) is 3.28. The Morgan fingerprint density at radius 1 is 1.35 bits per heavy atom. The summed E-state index contributed by atoms with van der Waals surface area (Å²) in [5.41, 5.74) is 5.45. The van der Waals surface area contributed by atoms with Gasteiger partial charge in [-0.1, -0.05) is 30.0 Å². The SMILES string of the molecule is Nc1nc(SCc2ccccc2F)[nH]c(=O)c1NC(=O)c1ccc(Br)o1. The average molecular weight is 439 g/mol. The fourth-order valence-electron chi connectivity index (χ4n) is 2.03. The number of anilines is 2. The highest BCUT2D eigenvalue weighted by Crippen LogP contribution is 2.23. The van der Waals surface area contributed by atoms with Gasteiger partial charge in [0.05, 0.1) is 0 Å². The van der Waals surface area contributed by atoms with Crippen molar-refractivity contribution in [3.05, 3.63) is 68.6 Å². The summed E-state index contributed by atoms with van der Waals surface area (Å²) in [6, 6.07) is 9.29. The van der Waals surface area contributed by atoms with E-state index in [2.05, 4.69) is 31.2 Å². The minimum absolute atomic E-state index is 0.00804. The van der Waals surface area contributed by atoms with E-state index in [1.54, 1.807) is 24.3 Å². The summed E-state index contributed by atoms with van der Waals surface area (Å²) in [5.74, 6) is -0.857. The Morgan fingerprint density at radius 3 is 2.77 bits per heavy atom. The summed E-state index contributed by atoms with van der Waals surface area (Å²) < 4.78 is 19.1. The predicted molar refractivity (Wildman–Crippen MR) is 99.6 cm³/mol. The number of nitrogens with zero attached hydrogens (tertiary/aromatic N) is 1. The van der Waals surface area contributed by atoms with Crippen molar-refractivity contribution in [3.63, 3.8) is 0 Å². The van der Waals surface area contributed by atoms with Gasteiger partial charge in [0.2, 0.25) is 0 Å². The number of halogens is 2. The maximum absolute atomic E-state index is 13.6. The van der Waals surface area contributed by atoms with Gasteiger partial charge < -0.3 is 15.5 Å². The summed E-state index contributed by atoms with van der Waals surface area (Å²) >= 11 is 4.20.